The van der Waals surface area contributed by atoms with Gasteiger partial charge in [-0.25, -0.2) is 4.79 Å². The van der Waals surface area contributed by atoms with Crippen LogP contribution in [-0.2, 0) is 25.5 Å². The van der Waals surface area contributed by atoms with Gasteiger partial charge >= 0.3 is 5.97 Å². The van der Waals surface area contributed by atoms with E-state index in [1.54, 1.807) is 48.7 Å². The van der Waals surface area contributed by atoms with Crippen molar-refractivity contribution in [3.63, 3.8) is 0 Å². The van der Waals surface area contributed by atoms with Gasteiger partial charge in [-0.1, -0.05) is 30.3 Å². The highest BCUT2D eigenvalue weighted by Crippen LogP contribution is 2.22. The molecule has 13 heteroatoms. The Labute approximate surface area is 213 Å². The molecule has 0 bridgehead atoms. The van der Waals surface area contributed by atoms with Crippen LogP contribution in [0.25, 0.3) is 0 Å². The first kappa shape index (κ1) is 29.8. The van der Waals surface area contributed by atoms with Crippen molar-refractivity contribution >= 4 is 17.8 Å². The number of aliphatic hydroxyl groups excluding tert-OH is 4. The van der Waals surface area contributed by atoms with E-state index in [9.17, 15) is 29.7 Å². The summed E-state index contributed by atoms with van der Waals surface area (Å²) < 4.78 is 10.2. The molecule has 202 valence electrons. The van der Waals surface area contributed by atoms with Crippen molar-refractivity contribution in [2.24, 2.45) is 11.5 Å². The normalized spacial score (nSPS) is 23.1. The Hall–Kier alpha value is -3.46. The molecular formula is C24H32N4O9. The quantitative estimate of drug-likeness (QED) is 0.172. The fourth-order valence-corrected chi connectivity index (χ4v) is 3.20. The van der Waals surface area contributed by atoms with Gasteiger partial charge in [0.05, 0.1) is 18.3 Å². The number of pyridine rings is 1. The van der Waals surface area contributed by atoms with E-state index in [2.05, 4.69) is 10.3 Å². The number of carbonyl (C=O) groups is 3. The van der Waals surface area contributed by atoms with E-state index in [1.807, 2.05) is 0 Å². The van der Waals surface area contributed by atoms with Gasteiger partial charge in [0.2, 0.25) is 18.1 Å². The third-order valence-electron chi connectivity index (χ3n) is 5.38. The summed E-state index contributed by atoms with van der Waals surface area (Å²) in [6.45, 7) is 0.771. The largest absolute Gasteiger partial charge is 0.431 e. The summed E-state index contributed by atoms with van der Waals surface area (Å²) in [7, 11) is 0. The van der Waals surface area contributed by atoms with Crippen molar-refractivity contribution < 1.29 is 44.3 Å². The van der Waals surface area contributed by atoms with Gasteiger partial charge in [0.15, 0.2) is 0 Å². The molecule has 1 aliphatic heterocycles. The molecule has 37 heavy (non-hydrogen) atoms. The Balaban J connectivity index is 0.000000449. The number of primary amides is 1. The van der Waals surface area contributed by atoms with Crippen LogP contribution in [0.3, 0.4) is 0 Å². The molecule has 0 aliphatic carbocycles. The average Bonchev–Trinajstić information content (AvgIpc) is 3.16. The van der Waals surface area contributed by atoms with Crippen LogP contribution < -0.4 is 16.8 Å². The minimum atomic E-state index is -1.55. The highest BCUT2D eigenvalue weighted by Gasteiger charge is 2.45. The minimum Gasteiger partial charge on any atom is -0.431 e. The maximum absolute atomic E-state index is 12.6. The van der Waals surface area contributed by atoms with Crippen molar-refractivity contribution in [1.82, 2.24) is 10.3 Å². The van der Waals surface area contributed by atoms with E-state index in [0.717, 1.165) is 5.56 Å². The Kier molecular flexibility index (Phi) is 11.5. The standard InChI is InChI=1S/C18H26N2O8.C6H6N2O/c1-9(22)13(19)16(25)20-11(7-10-5-3-2-4-6-10)17(26)28-18-15(24)14(23)12(8-21)27-18;7-6(9)5-2-1-3-8-4-5/h2-6,9,11-15,18,21-24H,7-8,19H2,1H3,(H,20,25);1-4H,(H2,7,9)/t9-,11+,12-,13+,14-,15-,18?;/m1./s1. The number of carbonyl (C=O) groups excluding carboxylic acids is 3. The maximum atomic E-state index is 12.6. The summed E-state index contributed by atoms with van der Waals surface area (Å²) in [6, 6.07) is 9.65. The summed E-state index contributed by atoms with van der Waals surface area (Å²) in [6.07, 6.45) is -3.61. The van der Waals surface area contributed by atoms with Crippen LogP contribution in [0, 0.1) is 0 Å². The Bertz CT molecular complexity index is 1010. The lowest BCUT2D eigenvalue weighted by molar-refractivity contribution is -0.192. The Morgan fingerprint density at radius 3 is 2.30 bits per heavy atom. The lowest BCUT2D eigenvalue weighted by Gasteiger charge is -2.23. The number of nitrogens with one attached hydrogen (secondary N) is 1. The molecule has 7 atom stereocenters. The van der Waals surface area contributed by atoms with Gasteiger partial charge in [0, 0.05) is 18.8 Å². The van der Waals surface area contributed by atoms with Crippen LogP contribution in [0.4, 0.5) is 0 Å². The molecule has 0 radical (unpaired) electrons. The summed E-state index contributed by atoms with van der Waals surface area (Å²) >= 11 is 0. The van der Waals surface area contributed by atoms with Crippen LogP contribution in [0.5, 0.6) is 0 Å². The predicted octanol–water partition coefficient (Wildman–Crippen LogP) is -2.42. The van der Waals surface area contributed by atoms with E-state index in [-0.39, 0.29) is 6.42 Å². The number of rotatable bonds is 9. The number of amides is 2. The number of esters is 1. The van der Waals surface area contributed by atoms with Gasteiger partial charge in [-0.15, -0.1) is 0 Å². The van der Waals surface area contributed by atoms with Crippen LogP contribution in [0.1, 0.15) is 22.8 Å². The van der Waals surface area contributed by atoms with E-state index in [4.69, 9.17) is 26.0 Å². The molecule has 2 amide bonds. The molecule has 1 aromatic heterocycles. The monoisotopic (exact) mass is 520 g/mol. The zero-order valence-corrected chi connectivity index (χ0v) is 20.1. The zero-order valence-electron chi connectivity index (χ0n) is 20.1. The molecule has 13 nitrogen and oxygen atoms in total. The third kappa shape index (κ3) is 8.86. The molecule has 9 N–H and O–H groups in total. The molecule has 2 heterocycles. The van der Waals surface area contributed by atoms with Crippen molar-refractivity contribution in [2.45, 2.75) is 56.1 Å². The van der Waals surface area contributed by atoms with Gasteiger partial charge in [-0.05, 0) is 24.6 Å². The topological polar surface area (TPSA) is 228 Å². The molecule has 2 aromatic rings. The van der Waals surface area contributed by atoms with Crippen LogP contribution in [0.15, 0.2) is 54.9 Å². The lowest BCUT2D eigenvalue weighted by Crippen LogP contribution is -2.53. The number of ether oxygens (including phenoxy) is 2. The first-order valence-electron chi connectivity index (χ1n) is 11.4. The SMILES string of the molecule is C[C@@H](O)[C@H](N)C(=O)N[C@@H](Cc1ccccc1)C(=O)OC1O[C@H](CO)[C@@H](O)[C@H]1O.NC(=O)c1cccnc1. The number of nitrogens with zero attached hydrogens (tertiary/aromatic N) is 1. The molecule has 3 rings (SSSR count). The number of aliphatic hydroxyl groups is 4. The van der Waals surface area contributed by atoms with E-state index >= 15 is 0 Å². The second-order valence-corrected chi connectivity index (χ2v) is 8.27. The predicted molar refractivity (Wildman–Crippen MR) is 128 cm³/mol. The van der Waals surface area contributed by atoms with Gasteiger partial charge in [0.25, 0.3) is 0 Å². The molecule has 1 aromatic carbocycles. The van der Waals surface area contributed by atoms with Crippen molar-refractivity contribution in [3.05, 3.63) is 66.0 Å². The average molecular weight is 521 g/mol. The van der Waals surface area contributed by atoms with E-state index in [0.29, 0.717) is 5.56 Å². The summed E-state index contributed by atoms with van der Waals surface area (Å²) in [5.41, 5.74) is 11.7. The maximum Gasteiger partial charge on any atom is 0.331 e. The number of nitrogens with two attached hydrogens (primary N) is 2. The second-order valence-electron chi connectivity index (χ2n) is 8.27. The minimum absolute atomic E-state index is 0.0622. The van der Waals surface area contributed by atoms with Crippen molar-refractivity contribution in [1.29, 1.82) is 0 Å². The Morgan fingerprint density at radius 1 is 1.14 bits per heavy atom. The van der Waals surface area contributed by atoms with Crippen LogP contribution in [0.2, 0.25) is 0 Å². The number of benzene rings is 1. The fraction of sp³-hybridized carbons (Fsp3) is 0.417. The van der Waals surface area contributed by atoms with Gasteiger partial charge < -0.3 is 46.7 Å². The highest BCUT2D eigenvalue weighted by atomic mass is 16.7. The first-order valence-corrected chi connectivity index (χ1v) is 11.4. The summed E-state index contributed by atoms with van der Waals surface area (Å²) in [5.74, 6) is -2.12. The Morgan fingerprint density at radius 2 is 1.81 bits per heavy atom. The molecule has 1 saturated heterocycles. The summed E-state index contributed by atoms with van der Waals surface area (Å²) in [4.78, 5) is 38.9. The fourth-order valence-electron chi connectivity index (χ4n) is 3.20. The van der Waals surface area contributed by atoms with Crippen molar-refractivity contribution in [3.8, 4) is 0 Å². The molecule has 0 spiro atoms. The zero-order chi connectivity index (χ0) is 27.5. The molecule has 1 fully saturated rings. The smallest absolute Gasteiger partial charge is 0.331 e. The van der Waals surface area contributed by atoms with E-state index in [1.165, 1.54) is 13.1 Å². The van der Waals surface area contributed by atoms with Gasteiger partial charge in [0.1, 0.15) is 30.4 Å². The highest BCUT2D eigenvalue weighted by molar-refractivity contribution is 5.92. The third-order valence-corrected chi connectivity index (χ3v) is 5.38. The first-order chi connectivity index (χ1) is 17.5. The molecule has 0 saturated carbocycles. The van der Waals surface area contributed by atoms with Crippen LogP contribution >= 0.6 is 0 Å². The molecule has 1 aliphatic rings. The van der Waals surface area contributed by atoms with Gasteiger partial charge in [-0.3, -0.25) is 14.6 Å². The van der Waals surface area contributed by atoms with Gasteiger partial charge in [-0.2, -0.15) is 0 Å². The molecule has 1 unspecified atom stereocenters. The number of hydrogen-bond donors (Lipinski definition) is 7. The number of aromatic nitrogens is 1. The van der Waals surface area contributed by atoms with Crippen molar-refractivity contribution in [2.75, 3.05) is 6.61 Å². The van der Waals surface area contributed by atoms with E-state index < -0.39 is 67.2 Å². The molecular weight excluding hydrogens is 488 g/mol. The number of hydrogen-bond acceptors (Lipinski definition) is 11. The summed E-state index contributed by atoms with van der Waals surface area (Å²) in [5, 5.41) is 40.7. The second kappa shape index (κ2) is 14.3. The van der Waals surface area contributed by atoms with Crippen LogP contribution in [-0.4, -0.2) is 92.6 Å². The lowest BCUT2D eigenvalue weighted by atomic mass is 10.0.